The van der Waals surface area contributed by atoms with Crippen LogP contribution in [-0.4, -0.2) is 39.7 Å². The number of hydrogen-bond acceptors (Lipinski definition) is 4. The Morgan fingerprint density at radius 1 is 1.23 bits per heavy atom. The van der Waals surface area contributed by atoms with Crippen LogP contribution in [-0.2, 0) is 14.4 Å². The van der Waals surface area contributed by atoms with Crippen LogP contribution in [0.4, 0.5) is 4.39 Å². The summed E-state index contributed by atoms with van der Waals surface area (Å²) in [4.78, 5) is 37.8. The van der Waals surface area contributed by atoms with Gasteiger partial charge >= 0.3 is 11.9 Å². The molecule has 2 N–H and O–H groups in total. The Kier molecular flexibility index (Phi) is 4.35. The fraction of sp³-hybridized carbons (Fsp3) is 0.333. The average Bonchev–Trinajstić information content (AvgIpc) is 2.47. The SMILES string of the molecule is CC1=C(F)C=CC2=NC(C(=O)C=C(C(=O)O)C(=O)O)CCC21. The van der Waals surface area contributed by atoms with Crippen molar-refractivity contribution < 1.29 is 29.0 Å². The van der Waals surface area contributed by atoms with Gasteiger partial charge in [0, 0.05) is 17.7 Å². The monoisotopic (exact) mass is 307 g/mol. The number of rotatable bonds is 4. The first kappa shape index (κ1) is 15.8. The highest BCUT2D eigenvalue weighted by atomic mass is 19.1. The van der Waals surface area contributed by atoms with Crippen LogP contribution < -0.4 is 0 Å². The molecule has 22 heavy (non-hydrogen) atoms. The zero-order chi connectivity index (χ0) is 16.4. The smallest absolute Gasteiger partial charge is 0.343 e. The molecule has 1 aliphatic heterocycles. The van der Waals surface area contributed by atoms with Gasteiger partial charge < -0.3 is 10.2 Å². The largest absolute Gasteiger partial charge is 0.477 e. The van der Waals surface area contributed by atoms with Gasteiger partial charge in [-0.15, -0.1) is 0 Å². The summed E-state index contributed by atoms with van der Waals surface area (Å²) in [6.07, 6.45) is 4.17. The van der Waals surface area contributed by atoms with E-state index in [2.05, 4.69) is 4.99 Å². The molecule has 116 valence electrons. The summed E-state index contributed by atoms with van der Waals surface area (Å²) < 4.78 is 13.5. The summed E-state index contributed by atoms with van der Waals surface area (Å²) in [5, 5.41) is 17.5. The van der Waals surface area contributed by atoms with E-state index >= 15 is 0 Å². The van der Waals surface area contributed by atoms with Gasteiger partial charge in [0.05, 0.1) is 0 Å². The van der Waals surface area contributed by atoms with Crippen molar-refractivity contribution in [2.45, 2.75) is 25.8 Å². The van der Waals surface area contributed by atoms with Gasteiger partial charge in [0.15, 0.2) is 5.78 Å². The fourth-order valence-electron chi connectivity index (χ4n) is 2.52. The number of nitrogens with zero attached hydrogens (tertiary/aromatic N) is 1. The molecular formula is C15H14FNO5. The average molecular weight is 307 g/mol. The number of halogens is 1. The summed E-state index contributed by atoms with van der Waals surface area (Å²) in [5.41, 5.74) is 0.122. The van der Waals surface area contributed by atoms with E-state index in [0.29, 0.717) is 30.2 Å². The topological polar surface area (TPSA) is 104 Å². The van der Waals surface area contributed by atoms with Crippen LogP contribution in [0.2, 0.25) is 0 Å². The first-order valence-corrected chi connectivity index (χ1v) is 6.65. The van der Waals surface area contributed by atoms with Crippen LogP contribution in [0.1, 0.15) is 19.8 Å². The Morgan fingerprint density at radius 3 is 2.45 bits per heavy atom. The molecule has 7 heteroatoms. The molecule has 0 radical (unpaired) electrons. The number of aliphatic carboxylic acids is 2. The lowest BCUT2D eigenvalue weighted by molar-refractivity contribution is -0.140. The molecular weight excluding hydrogens is 293 g/mol. The van der Waals surface area contributed by atoms with Gasteiger partial charge in [0.1, 0.15) is 17.4 Å². The Bertz CT molecular complexity index is 655. The van der Waals surface area contributed by atoms with Crippen molar-refractivity contribution in [1.82, 2.24) is 0 Å². The maximum atomic E-state index is 13.5. The Morgan fingerprint density at radius 2 is 1.86 bits per heavy atom. The number of aliphatic imine (C=N–C) groups is 1. The van der Waals surface area contributed by atoms with E-state index in [9.17, 15) is 18.8 Å². The first-order valence-electron chi connectivity index (χ1n) is 6.65. The van der Waals surface area contributed by atoms with Gasteiger partial charge in [-0.05, 0) is 37.5 Å². The summed E-state index contributed by atoms with van der Waals surface area (Å²) in [6.45, 7) is 1.66. The van der Waals surface area contributed by atoms with Crippen molar-refractivity contribution in [2.75, 3.05) is 0 Å². The van der Waals surface area contributed by atoms with Crippen LogP contribution in [0.3, 0.4) is 0 Å². The Balaban J connectivity index is 2.25. The Labute approximate surface area is 125 Å². The van der Waals surface area contributed by atoms with Crippen molar-refractivity contribution in [3.63, 3.8) is 0 Å². The molecule has 0 bridgehead atoms. The van der Waals surface area contributed by atoms with Crippen LogP contribution in [0.5, 0.6) is 0 Å². The van der Waals surface area contributed by atoms with E-state index in [0.717, 1.165) is 0 Å². The number of allylic oxidation sites excluding steroid dienone is 4. The summed E-state index contributed by atoms with van der Waals surface area (Å²) in [6, 6.07) is -0.835. The van der Waals surface area contributed by atoms with Gasteiger partial charge in [0.25, 0.3) is 0 Å². The highest BCUT2D eigenvalue weighted by Crippen LogP contribution is 2.32. The van der Waals surface area contributed by atoms with E-state index in [1.165, 1.54) is 12.2 Å². The lowest BCUT2D eigenvalue weighted by Crippen LogP contribution is -2.30. The third-order valence-electron chi connectivity index (χ3n) is 3.77. The third kappa shape index (κ3) is 3.03. The zero-order valence-electron chi connectivity index (χ0n) is 11.7. The van der Waals surface area contributed by atoms with Gasteiger partial charge in [-0.1, -0.05) is 0 Å². The van der Waals surface area contributed by atoms with Gasteiger partial charge in [-0.3, -0.25) is 9.79 Å². The van der Waals surface area contributed by atoms with Crippen molar-refractivity contribution in [1.29, 1.82) is 0 Å². The molecule has 0 fully saturated rings. The second-order valence-corrected chi connectivity index (χ2v) is 5.13. The van der Waals surface area contributed by atoms with Crippen molar-refractivity contribution in [3.05, 3.63) is 35.2 Å². The van der Waals surface area contributed by atoms with Crippen LogP contribution in [0, 0.1) is 5.92 Å². The normalized spacial score (nSPS) is 23.5. The number of carboxylic acid groups (broad SMARTS) is 2. The molecule has 0 spiro atoms. The summed E-state index contributed by atoms with van der Waals surface area (Å²) in [7, 11) is 0. The predicted octanol–water partition coefficient (Wildman–Crippen LogP) is 1.68. The van der Waals surface area contributed by atoms with Crippen molar-refractivity contribution in [3.8, 4) is 0 Å². The Hall–Kier alpha value is -2.57. The standard InChI is InChI=1S/C15H14FNO5/c1-7-8-2-4-12(17-11(8)5-3-10(7)16)13(18)6-9(14(19)20)15(21)22/h3,5-6,8,12H,2,4H2,1H3,(H,19,20)(H,21,22). The molecule has 1 heterocycles. The zero-order valence-corrected chi connectivity index (χ0v) is 11.7. The molecule has 1 aliphatic carbocycles. The molecule has 0 aromatic carbocycles. The van der Waals surface area contributed by atoms with E-state index < -0.39 is 29.3 Å². The molecule has 0 aromatic heterocycles. The lowest BCUT2D eigenvalue weighted by Gasteiger charge is -2.28. The number of fused-ring (bicyclic) bond motifs is 1. The number of hydrogen-bond donors (Lipinski definition) is 2. The summed E-state index contributed by atoms with van der Waals surface area (Å²) >= 11 is 0. The lowest BCUT2D eigenvalue weighted by atomic mass is 9.82. The highest BCUT2D eigenvalue weighted by Gasteiger charge is 2.31. The maximum Gasteiger partial charge on any atom is 0.343 e. The highest BCUT2D eigenvalue weighted by molar-refractivity contribution is 6.17. The second-order valence-electron chi connectivity index (χ2n) is 5.13. The van der Waals surface area contributed by atoms with Crippen LogP contribution >= 0.6 is 0 Å². The number of carboxylic acids is 2. The van der Waals surface area contributed by atoms with Crippen molar-refractivity contribution >= 4 is 23.4 Å². The number of carbonyl (C=O) groups is 3. The number of ketones is 1. The van der Waals surface area contributed by atoms with E-state index in [1.54, 1.807) is 6.92 Å². The quantitative estimate of drug-likeness (QED) is 0.467. The molecule has 0 amide bonds. The molecule has 2 atom stereocenters. The molecule has 0 saturated carbocycles. The molecule has 6 nitrogen and oxygen atoms in total. The molecule has 2 unspecified atom stereocenters. The van der Waals surface area contributed by atoms with Crippen LogP contribution in [0.15, 0.2) is 40.2 Å². The number of carbonyl (C=O) groups excluding carboxylic acids is 1. The van der Waals surface area contributed by atoms with E-state index in [-0.39, 0.29) is 11.7 Å². The van der Waals surface area contributed by atoms with Gasteiger partial charge in [-0.2, -0.15) is 0 Å². The predicted molar refractivity (Wildman–Crippen MR) is 75.3 cm³/mol. The first-order chi connectivity index (χ1) is 10.3. The van der Waals surface area contributed by atoms with E-state index in [4.69, 9.17) is 10.2 Å². The second kappa shape index (κ2) is 6.05. The van der Waals surface area contributed by atoms with E-state index in [1.807, 2.05) is 0 Å². The van der Waals surface area contributed by atoms with Crippen molar-refractivity contribution in [2.24, 2.45) is 10.9 Å². The van der Waals surface area contributed by atoms with Gasteiger partial charge in [0.2, 0.25) is 0 Å². The fourth-order valence-corrected chi connectivity index (χ4v) is 2.52. The molecule has 2 rings (SSSR count). The third-order valence-corrected chi connectivity index (χ3v) is 3.77. The minimum atomic E-state index is -1.68. The minimum absolute atomic E-state index is 0.184. The molecule has 0 saturated heterocycles. The summed E-state index contributed by atoms with van der Waals surface area (Å²) in [5.74, 6) is -4.53. The minimum Gasteiger partial charge on any atom is -0.477 e. The van der Waals surface area contributed by atoms with Crippen LogP contribution in [0.25, 0.3) is 0 Å². The van der Waals surface area contributed by atoms with Gasteiger partial charge in [-0.25, -0.2) is 14.0 Å². The molecule has 0 aromatic rings. The maximum absolute atomic E-state index is 13.5. The molecule has 2 aliphatic rings.